The van der Waals surface area contributed by atoms with Gasteiger partial charge in [-0.3, -0.25) is 14.9 Å². The predicted octanol–water partition coefficient (Wildman–Crippen LogP) is 3.45. The van der Waals surface area contributed by atoms with Gasteiger partial charge in [-0.1, -0.05) is 6.92 Å². The lowest BCUT2D eigenvalue weighted by molar-refractivity contribution is -0.384. The number of non-ortho nitro benzene ring substituents is 1. The number of Topliss-reactive ketones (excluding diaryl/α,β-unsaturated/α-hetero) is 1. The molecule has 0 N–H and O–H groups in total. The molecule has 0 amide bonds. The summed E-state index contributed by atoms with van der Waals surface area (Å²) in [5.41, 5.74) is 0.728. The van der Waals surface area contributed by atoms with E-state index in [9.17, 15) is 14.9 Å². The number of nitro groups is 1. The topological polar surface area (TPSA) is 73.3 Å². The predicted molar refractivity (Wildman–Crippen MR) is 65.4 cm³/mol. The number of hydrogen-bond acceptors (Lipinski definition) is 4. The number of rotatable bonds is 4. The minimum atomic E-state index is -0.460. The van der Waals surface area contributed by atoms with Crippen LogP contribution >= 0.6 is 0 Å². The zero-order chi connectivity index (χ0) is 13.1. The molecule has 2 rings (SSSR count). The third kappa shape index (κ3) is 2.29. The lowest BCUT2D eigenvalue weighted by Crippen LogP contribution is -1.92. The molecule has 5 heteroatoms. The largest absolute Gasteiger partial charge is 0.453 e. The van der Waals surface area contributed by atoms with E-state index < -0.39 is 4.92 Å². The Labute approximate surface area is 103 Å². The van der Waals surface area contributed by atoms with Crippen LogP contribution in [-0.4, -0.2) is 10.7 Å². The van der Waals surface area contributed by atoms with Gasteiger partial charge in [-0.05, 0) is 24.3 Å². The van der Waals surface area contributed by atoms with E-state index in [1.807, 2.05) is 0 Å². The van der Waals surface area contributed by atoms with Crippen molar-refractivity contribution in [3.8, 4) is 11.3 Å². The molecule has 1 aromatic heterocycles. The zero-order valence-electron chi connectivity index (χ0n) is 9.75. The van der Waals surface area contributed by atoms with Crippen LogP contribution in [0.15, 0.2) is 40.8 Å². The molecule has 0 atom stereocenters. The van der Waals surface area contributed by atoms with E-state index in [-0.39, 0.29) is 11.5 Å². The summed E-state index contributed by atoms with van der Waals surface area (Å²) in [4.78, 5) is 21.5. The standard InChI is InChI=1S/C13H11NO4/c1-2-11(15)13-8-7-12(18-13)9-3-5-10(6-4-9)14(16)17/h3-8H,2H2,1H3. The smallest absolute Gasteiger partial charge is 0.269 e. The summed E-state index contributed by atoms with van der Waals surface area (Å²) in [6.45, 7) is 1.76. The second kappa shape index (κ2) is 4.83. The highest BCUT2D eigenvalue weighted by Gasteiger charge is 2.11. The number of nitro benzene ring substituents is 1. The van der Waals surface area contributed by atoms with Gasteiger partial charge in [0.25, 0.3) is 5.69 Å². The zero-order valence-corrected chi connectivity index (χ0v) is 9.75. The number of hydrogen-bond donors (Lipinski definition) is 0. The summed E-state index contributed by atoms with van der Waals surface area (Å²) in [6, 6.07) is 9.29. The van der Waals surface area contributed by atoms with Crippen molar-refractivity contribution >= 4 is 11.5 Å². The Bertz CT molecular complexity index is 583. The lowest BCUT2D eigenvalue weighted by Gasteiger charge is -1.96. The highest BCUT2D eigenvalue weighted by atomic mass is 16.6. The van der Waals surface area contributed by atoms with Gasteiger partial charge in [0.05, 0.1) is 4.92 Å². The molecule has 1 heterocycles. The number of benzene rings is 1. The molecular weight excluding hydrogens is 234 g/mol. The summed E-state index contributed by atoms with van der Waals surface area (Å²) in [7, 11) is 0. The third-order valence-electron chi connectivity index (χ3n) is 2.56. The number of ketones is 1. The highest BCUT2D eigenvalue weighted by Crippen LogP contribution is 2.24. The Hall–Kier alpha value is -2.43. The van der Waals surface area contributed by atoms with Crippen molar-refractivity contribution in [1.82, 2.24) is 0 Å². The Balaban J connectivity index is 2.29. The van der Waals surface area contributed by atoms with Gasteiger partial charge < -0.3 is 4.42 Å². The van der Waals surface area contributed by atoms with Crippen LogP contribution < -0.4 is 0 Å². The molecule has 0 bridgehead atoms. The van der Waals surface area contributed by atoms with Gasteiger partial charge in [-0.15, -0.1) is 0 Å². The maximum atomic E-state index is 11.4. The van der Waals surface area contributed by atoms with Crippen LogP contribution in [0.3, 0.4) is 0 Å². The molecule has 2 aromatic rings. The van der Waals surface area contributed by atoms with Crippen LogP contribution in [0.2, 0.25) is 0 Å². The van der Waals surface area contributed by atoms with E-state index in [0.29, 0.717) is 23.5 Å². The second-order valence-corrected chi connectivity index (χ2v) is 3.74. The average molecular weight is 245 g/mol. The van der Waals surface area contributed by atoms with Crippen molar-refractivity contribution < 1.29 is 14.1 Å². The van der Waals surface area contributed by atoms with Crippen molar-refractivity contribution in [3.63, 3.8) is 0 Å². The Morgan fingerprint density at radius 1 is 1.22 bits per heavy atom. The Morgan fingerprint density at radius 3 is 2.44 bits per heavy atom. The first-order valence-electron chi connectivity index (χ1n) is 5.49. The summed E-state index contributed by atoms with van der Waals surface area (Å²) < 4.78 is 5.40. The minimum absolute atomic E-state index is 0.0233. The molecule has 0 fully saturated rings. The maximum Gasteiger partial charge on any atom is 0.269 e. The maximum absolute atomic E-state index is 11.4. The molecule has 0 saturated heterocycles. The van der Waals surface area contributed by atoms with Gasteiger partial charge in [-0.2, -0.15) is 0 Å². The first-order chi connectivity index (χ1) is 8.61. The molecule has 5 nitrogen and oxygen atoms in total. The fourth-order valence-corrected chi connectivity index (χ4v) is 1.56. The van der Waals surface area contributed by atoms with Crippen LogP contribution in [0.4, 0.5) is 5.69 Å². The van der Waals surface area contributed by atoms with Gasteiger partial charge in [-0.25, -0.2) is 0 Å². The molecule has 0 aliphatic heterocycles. The Morgan fingerprint density at radius 2 is 1.89 bits per heavy atom. The van der Waals surface area contributed by atoms with Gasteiger partial charge in [0.1, 0.15) is 5.76 Å². The van der Waals surface area contributed by atoms with Crippen molar-refractivity contribution in [2.45, 2.75) is 13.3 Å². The molecule has 92 valence electrons. The molecule has 0 unspecified atom stereocenters. The monoisotopic (exact) mass is 245 g/mol. The third-order valence-corrected chi connectivity index (χ3v) is 2.56. The molecular formula is C13H11NO4. The fourth-order valence-electron chi connectivity index (χ4n) is 1.56. The number of carbonyl (C=O) groups is 1. The summed E-state index contributed by atoms with van der Waals surface area (Å²) in [6.07, 6.45) is 0.382. The van der Waals surface area contributed by atoms with Gasteiger partial charge in [0.2, 0.25) is 0 Å². The quantitative estimate of drug-likeness (QED) is 0.469. The number of nitrogens with zero attached hydrogens (tertiary/aromatic N) is 1. The molecule has 0 saturated carbocycles. The van der Waals surface area contributed by atoms with E-state index >= 15 is 0 Å². The van der Waals surface area contributed by atoms with Crippen molar-refractivity contribution in [3.05, 3.63) is 52.3 Å². The van der Waals surface area contributed by atoms with Gasteiger partial charge in [0.15, 0.2) is 11.5 Å². The van der Waals surface area contributed by atoms with Gasteiger partial charge in [0, 0.05) is 24.1 Å². The number of furan rings is 1. The van der Waals surface area contributed by atoms with E-state index in [0.717, 1.165) is 0 Å². The molecule has 1 aromatic carbocycles. The summed E-state index contributed by atoms with van der Waals surface area (Å²) in [5.74, 6) is 0.774. The normalized spacial score (nSPS) is 10.3. The number of carbonyl (C=O) groups excluding carboxylic acids is 1. The van der Waals surface area contributed by atoms with Crippen LogP contribution in [0, 0.1) is 10.1 Å². The second-order valence-electron chi connectivity index (χ2n) is 3.74. The highest BCUT2D eigenvalue weighted by molar-refractivity contribution is 5.93. The van der Waals surface area contributed by atoms with Crippen LogP contribution in [-0.2, 0) is 0 Å². The molecule has 0 radical (unpaired) electrons. The fraction of sp³-hybridized carbons (Fsp3) is 0.154. The van der Waals surface area contributed by atoms with Crippen LogP contribution in [0.1, 0.15) is 23.9 Å². The lowest BCUT2D eigenvalue weighted by atomic mass is 10.1. The first-order valence-corrected chi connectivity index (χ1v) is 5.49. The molecule has 0 aliphatic rings. The van der Waals surface area contributed by atoms with E-state index in [2.05, 4.69) is 0 Å². The summed E-state index contributed by atoms with van der Waals surface area (Å²) >= 11 is 0. The molecule has 0 aliphatic carbocycles. The average Bonchev–Trinajstić information content (AvgIpc) is 2.87. The molecule has 18 heavy (non-hydrogen) atoms. The minimum Gasteiger partial charge on any atom is -0.453 e. The first kappa shape index (κ1) is 12.0. The van der Waals surface area contributed by atoms with E-state index in [1.54, 1.807) is 31.2 Å². The molecule has 0 spiro atoms. The van der Waals surface area contributed by atoms with Crippen molar-refractivity contribution in [1.29, 1.82) is 0 Å². The van der Waals surface area contributed by atoms with Crippen molar-refractivity contribution in [2.24, 2.45) is 0 Å². The van der Waals surface area contributed by atoms with Crippen LogP contribution in [0.25, 0.3) is 11.3 Å². The van der Waals surface area contributed by atoms with Crippen molar-refractivity contribution in [2.75, 3.05) is 0 Å². The summed E-state index contributed by atoms with van der Waals surface area (Å²) in [5, 5.41) is 10.5. The van der Waals surface area contributed by atoms with Gasteiger partial charge >= 0.3 is 0 Å². The van der Waals surface area contributed by atoms with E-state index in [4.69, 9.17) is 4.42 Å². The van der Waals surface area contributed by atoms with Crippen LogP contribution in [0.5, 0.6) is 0 Å². The SMILES string of the molecule is CCC(=O)c1ccc(-c2ccc([N+](=O)[O-])cc2)o1. The Kier molecular flexibility index (Phi) is 3.23. The van der Waals surface area contributed by atoms with E-state index in [1.165, 1.54) is 12.1 Å².